The third-order valence-corrected chi connectivity index (χ3v) is 2.52. The Bertz CT molecular complexity index is 682. The largest absolute Gasteiger partial charge is 0.322 e. The second kappa shape index (κ2) is 5.45. The molecule has 0 aliphatic heterocycles. The van der Waals surface area contributed by atoms with Crippen molar-refractivity contribution < 1.29 is 18.0 Å². The number of nitrogens with zero attached hydrogens (tertiary/aromatic N) is 1. The highest BCUT2D eigenvalue weighted by atomic mass is 19.2. The summed E-state index contributed by atoms with van der Waals surface area (Å²) in [7, 11) is 0. The van der Waals surface area contributed by atoms with E-state index in [0.717, 1.165) is 0 Å². The zero-order valence-electron chi connectivity index (χ0n) is 9.95. The average Bonchev–Trinajstić information content (AvgIpc) is 2.44. The molecule has 0 saturated heterocycles. The normalized spacial score (nSPS) is 9.90. The van der Waals surface area contributed by atoms with Gasteiger partial charge in [-0.05, 0) is 24.3 Å². The van der Waals surface area contributed by atoms with E-state index in [-0.39, 0.29) is 11.3 Å². The zero-order valence-corrected chi connectivity index (χ0v) is 9.95. The number of nitrogens with one attached hydrogen (secondary N) is 1. The van der Waals surface area contributed by atoms with E-state index in [1.807, 2.05) is 6.07 Å². The monoisotopic (exact) mass is 276 g/mol. The van der Waals surface area contributed by atoms with E-state index in [2.05, 4.69) is 5.32 Å². The topological polar surface area (TPSA) is 52.9 Å². The summed E-state index contributed by atoms with van der Waals surface area (Å²) in [5.74, 6) is -5.00. The Morgan fingerprint density at radius 1 is 1.05 bits per heavy atom. The van der Waals surface area contributed by atoms with Gasteiger partial charge in [0.05, 0.1) is 11.6 Å². The van der Waals surface area contributed by atoms with Gasteiger partial charge in [0.15, 0.2) is 17.5 Å². The van der Waals surface area contributed by atoms with Gasteiger partial charge in [0.2, 0.25) is 0 Å². The molecule has 0 fully saturated rings. The number of rotatable bonds is 2. The quantitative estimate of drug-likeness (QED) is 0.856. The van der Waals surface area contributed by atoms with Crippen LogP contribution in [0.5, 0.6) is 0 Å². The van der Waals surface area contributed by atoms with Gasteiger partial charge in [-0.25, -0.2) is 13.2 Å². The van der Waals surface area contributed by atoms with E-state index < -0.39 is 23.4 Å². The molecule has 2 aromatic rings. The molecule has 0 saturated carbocycles. The van der Waals surface area contributed by atoms with Gasteiger partial charge >= 0.3 is 0 Å². The molecular weight excluding hydrogens is 269 g/mol. The van der Waals surface area contributed by atoms with Gasteiger partial charge in [0.1, 0.15) is 0 Å². The molecule has 3 nitrogen and oxygen atoms in total. The van der Waals surface area contributed by atoms with Gasteiger partial charge < -0.3 is 5.32 Å². The van der Waals surface area contributed by atoms with Crippen molar-refractivity contribution in [3.8, 4) is 6.07 Å². The Hall–Kier alpha value is -2.81. The van der Waals surface area contributed by atoms with Gasteiger partial charge in [-0.15, -0.1) is 0 Å². The number of halogens is 3. The number of carbonyl (C=O) groups excluding carboxylic acids is 1. The third kappa shape index (κ3) is 2.78. The molecule has 2 aromatic carbocycles. The minimum Gasteiger partial charge on any atom is -0.322 e. The van der Waals surface area contributed by atoms with E-state index >= 15 is 0 Å². The summed E-state index contributed by atoms with van der Waals surface area (Å²) in [6.45, 7) is 0. The molecule has 0 heterocycles. The molecule has 0 spiro atoms. The van der Waals surface area contributed by atoms with Crippen molar-refractivity contribution >= 4 is 11.6 Å². The van der Waals surface area contributed by atoms with Crippen LogP contribution in [0.15, 0.2) is 36.4 Å². The average molecular weight is 276 g/mol. The molecule has 0 bridgehead atoms. The van der Waals surface area contributed by atoms with Gasteiger partial charge in [-0.1, -0.05) is 0 Å². The molecule has 1 amide bonds. The maximum Gasteiger partial charge on any atom is 0.255 e. The number of carbonyl (C=O) groups is 1. The SMILES string of the molecule is N#Cc1ccc(C(=O)Nc2cc(F)c(F)c(F)c2)cc1. The fourth-order valence-corrected chi connectivity index (χ4v) is 1.53. The Morgan fingerprint density at radius 3 is 2.10 bits per heavy atom. The maximum absolute atomic E-state index is 13.0. The molecule has 0 radical (unpaired) electrons. The predicted octanol–water partition coefficient (Wildman–Crippen LogP) is 3.23. The first-order valence-electron chi connectivity index (χ1n) is 5.47. The van der Waals surface area contributed by atoms with E-state index in [4.69, 9.17) is 5.26 Å². The van der Waals surface area contributed by atoms with Gasteiger partial charge in [-0.3, -0.25) is 4.79 Å². The Kier molecular flexibility index (Phi) is 3.71. The summed E-state index contributed by atoms with van der Waals surface area (Å²) >= 11 is 0. The first kappa shape index (κ1) is 13.6. The highest BCUT2D eigenvalue weighted by Gasteiger charge is 2.13. The van der Waals surface area contributed by atoms with Crippen LogP contribution in [0, 0.1) is 28.8 Å². The van der Waals surface area contributed by atoms with Crippen molar-refractivity contribution in [2.45, 2.75) is 0 Å². The third-order valence-electron chi connectivity index (χ3n) is 2.52. The minimum absolute atomic E-state index is 0.198. The van der Waals surface area contributed by atoms with E-state index in [0.29, 0.717) is 17.7 Å². The van der Waals surface area contributed by atoms with Crippen LogP contribution in [-0.4, -0.2) is 5.91 Å². The highest BCUT2D eigenvalue weighted by molar-refractivity contribution is 6.04. The van der Waals surface area contributed by atoms with E-state index in [1.165, 1.54) is 24.3 Å². The first-order valence-corrected chi connectivity index (χ1v) is 5.47. The fourth-order valence-electron chi connectivity index (χ4n) is 1.53. The number of hydrogen-bond donors (Lipinski definition) is 1. The number of anilines is 1. The summed E-state index contributed by atoms with van der Waals surface area (Å²) in [5, 5.41) is 10.9. The zero-order chi connectivity index (χ0) is 14.7. The molecular formula is C14H7F3N2O. The lowest BCUT2D eigenvalue weighted by Crippen LogP contribution is -2.12. The molecule has 0 aromatic heterocycles. The lowest BCUT2D eigenvalue weighted by Gasteiger charge is -2.06. The van der Waals surface area contributed by atoms with Crippen LogP contribution in [0.4, 0.5) is 18.9 Å². The molecule has 6 heteroatoms. The first-order chi connectivity index (χ1) is 9.51. The smallest absolute Gasteiger partial charge is 0.255 e. The van der Waals surface area contributed by atoms with Crippen LogP contribution in [0.1, 0.15) is 15.9 Å². The molecule has 20 heavy (non-hydrogen) atoms. The van der Waals surface area contributed by atoms with Crippen molar-refractivity contribution in [3.63, 3.8) is 0 Å². The Labute approximate surface area is 112 Å². The summed E-state index contributed by atoms with van der Waals surface area (Å²) < 4.78 is 38.7. The minimum atomic E-state index is -1.60. The Balaban J connectivity index is 2.21. The van der Waals surface area contributed by atoms with Crippen molar-refractivity contribution in [3.05, 3.63) is 65.0 Å². The van der Waals surface area contributed by atoms with Crippen LogP contribution >= 0.6 is 0 Å². The van der Waals surface area contributed by atoms with Crippen LogP contribution in [0.3, 0.4) is 0 Å². The van der Waals surface area contributed by atoms with Crippen molar-refractivity contribution in [1.82, 2.24) is 0 Å². The second-order valence-electron chi connectivity index (χ2n) is 3.90. The number of benzene rings is 2. The summed E-state index contributed by atoms with van der Waals surface area (Å²) in [6.07, 6.45) is 0. The number of hydrogen-bond acceptors (Lipinski definition) is 2. The fraction of sp³-hybridized carbons (Fsp3) is 0. The summed E-state index contributed by atoms with van der Waals surface area (Å²) in [6, 6.07) is 8.90. The van der Waals surface area contributed by atoms with Crippen molar-refractivity contribution in [2.75, 3.05) is 5.32 Å². The number of amides is 1. The lowest BCUT2D eigenvalue weighted by molar-refractivity contribution is 0.102. The summed E-state index contributed by atoms with van der Waals surface area (Å²) in [4.78, 5) is 11.8. The molecule has 0 unspecified atom stereocenters. The second-order valence-corrected chi connectivity index (χ2v) is 3.90. The predicted molar refractivity (Wildman–Crippen MR) is 65.4 cm³/mol. The maximum atomic E-state index is 13.0. The van der Waals surface area contributed by atoms with Crippen LogP contribution in [0.2, 0.25) is 0 Å². The lowest BCUT2D eigenvalue weighted by atomic mass is 10.1. The molecule has 2 rings (SSSR count). The van der Waals surface area contributed by atoms with E-state index in [1.54, 1.807) is 0 Å². The van der Waals surface area contributed by atoms with Gasteiger partial charge in [-0.2, -0.15) is 5.26 Å². The van der Waals surface area contributed by atoms with Crippen molar-refractivity contribution in [2.24, 2.45) is 0 Å². The van der Waals surface area contributed by atoms with Crippen LogP contribution in [0.25, 0.3) is 0 Å². The summed E-state index contributed by atoms with van der Waals surface area (Å²) in [5.41, 5.74) is 0.380. The van der Waals surface area contributed by atoms with E-state index in [9.17, 15) is 18.0 Å². The Morgan fingerprint density at radius 2 is 1.60 bits per heavy atom. The molecule has 0 atom stereocenters. The molecule has 100 valence electrons. The van der Waals surface area contributed by atoms with Gasteiger partial charge in [0, 0.05) is 23.4 Å². The molecule has 0 aliphatic rings. The van der Waals surface area contributed by atoms with Crippen LogP contribution in [-0.2, 0) is 0 Å². The highest BCUT2D eigenvalue weighted by Crippen LogP contribution is 2.18. The number of nitriles is 1. The molecule has 0 aliphatic carbocycles. The van der Waals surface area contributed by atoms with Crippen LogP contribution < -0.4 is 5.32 Å². The van der Waals surface area contributed by atoms with Crippen molar-refractivity contribution in [1.29, 1.82) is 5.26 Å². The van der Waals surface area contributed by atoms with Gasteiger partial charge in [0.25, 0.3) is 5.91 Å². The standard InChI is InChI=1S/C14H7F3N2O/c15-11-5-10(6-12(16)13(11)17)19-14(20)9-3-1-8(7-18)2-4-9/h1-6H,(H,19,20). The molecule has 1 N–H and O–H groups in total.